The summed E-state index contributed by atoms with van der Waals surface area (Å²) in [6, 6.07) is 0. The van der Waals surface area contributed by atoms with Crippen molar-refractivity contribution in [3.8, 4) is 0 Å². The molecule has 0 aliphatic rings. The Hall–Kier alpha value is 0.270. The summed E-state index contributed by atoms with van der Waals surface area (Å²) in [6.45, 7) is 3.03. The zero-order valence-corrected chi connectivity index (χ0v) is 7.91. The maximum Gasteiger partial charge on any atom is 0.0589 e. The summed E-state index contributed by atoms with van der Waals surface area (Å²) >= 11 is 1.88. The van der Waals surface area contributed by atoms with E-state index < -0.39 is 0 Å². The lowest BCUT2D eigenvalue weighted by Crippen LogP contribution is -2.25. The van der Waals surface area contributed by atoms with Crippen molar-refractivity contribution in [2.45, 2.75) is 0 Å². The van der Waals surface area contributed by atoms with Gasteiger partial charge in [-0.2, -0.15) is 11.8 Å². The lowest BCUT2D eigenvalue weighted by Gasteiger charge is -2.14. The van der Waals surface area contributed by atoms with Crippen molar-refractivity contribution in [1.29, 1.82) is 0 Å². The molecular weight excluding hydrogens is 146 g/mol. The lowest BCUT2D eigenvalue weighted by molar-refractivity contribution is 0.164. The summed E-state index contributed by atoms with van der Waals surface area (Å²) < 4.78 is 4.94. The minimum atomic E-state index is 0.838. The number of rotatable bonds is 6. The highest BCUT2D eigenvalue weighted by Gasteiger charge is 1.94. The predicted octanol–water partition coefficient (Wildman–Crippen LogP) is 0.928. The molecule has 0 aromatic heterocycles. The first-order valence-corrected chi connectivity index (χ1v) is 4.87. The molecule has 10 heavy (non-hydrogen) atoms. The van der Waals surface area contributed by atoms with E-state index in [-0.39, 0.29) is 0 Å². The summed E-state index contributed by atoms with van der Waals surface area (Å²) in [4.78, 5) is 2.28. The lowest BCUT2D eigenvalue weighted by atomic mass is 10.5. The van der Waals surface area contributed by atoms with Gasteiger partial charge in [0.25, 0.3) is 0 Å². The average Bonchev–Trinajstić information content (AvgIpc) is 1.97. The Morgan fingerprint density at radius 2 is 2.10 bits per heavy atom. The van der Waals surface area contributed by atoms with Crippen LogP contribution in [0.4, 0.5) is 0 Å². The van der Waals surface area contributed by atoms with E-state index in [1.807, 2.05) is 11.8 Å². The van der Waals surface area contributed by atoms with Gasteiger partial charge in [0.2, 0.25) is 0 Å². The Bertz CT molecular complexity index is 62.6. The second-order valence-corrected chi connectivity index (χ2v) is 3.27. The highest BCUT2D eigenvalue weighted by atomic mass is 32.2. The molecule has 0 fully saturated rings. The average molecular weight is 163 g/mol. The highest BCUT2D eigenvalue weighted by molar-refractivity contribution is 7.98. The van der Waals surface area contributed by atoms with E-state index in [1.165, 1.54) is 5.75 Å². The molecular formula is C7H17NOS. The molecule has 0 aromatic rings. The zero-order chi connectivity index (χ0) is 7.82. The first-order chi connectivity index (χ1) is 4.81. The molecule has 0 rings (SSSR count). The fraction of sp³-hybridized carbons (Fsp3) is 1.00. The van der Waals surface area contributed by atoms with Crippen LogP contribution in [0.5, 0.6) is 0 Å². The molecule has 0 unspecified atom stereocenters. The van der Waals surface area contributed by atoms with Gasteiger partial charge in [0, 0.05) is 26.0 Å². The standard InChI is InChI=1S/C7H17NOS/c1-8(4-6-9-2)5-7-10-3/h4-7H2,1-3H3. The number of hydrogen-bond donors (Lipinski definition) is 0. The van der Waals surface area contributed by atoms with Crippen molar-refractivity contribution in [3.63, 3.8) is 0 Å². The van der Waals surface area contributed by atoms with Crippen molar-refractivity contribution in [1.82, 2.24) is 4.90 Å². The van der Waals surface area contributed by atoms with E-state index in [9.17, 15) is 0 Å². The summed E-state index contributed by atoms with van der Waals surface area (Å²) in [5, 5.41) is 0. The first-order valence-electron chi connectivity index (χ1n) is 3.47. The maximum absolute atomic E-state index is 4.94. The molecule has 0 N–H and O–H groups in total. The predicted molar refractivity (Wildman–Crippen MR) is 47.8 cm³/mol. The molecule has 0 aliphatic heterocycles. The van der Waals surface area contributed by atoms with E-state index >= 15 is 0 Å². The number of ether oxygens (including phenoxy) is 1. The van der Waals surface area contributed by atoms with Crippen LogP contribution >= 0.6 is 11.8 Å². The Kier molecular flexibility index (Phi) is 7.58. The van der Waals surface area contributed by atoms with E-state index in [0.29, 0.717) is 0 Å². The molecule has 0 bridgehead atoms. The van der Waals surface area contributed by atoms with Crippen LogP contribution in [0.1, 0.15) is 0 Å². The van der Waals surface area contributed by atoms with Gasteiger partial charge >= 0.3 is 0 Å². The molecule has 0 spiro atoms. The van der Waals surface area contributed by atoms with Gasteiger partial charge in [0.15, 0.2) is 0 Å². The molecule has 62 valence electrons. The molecule has 3 heteroatoms. The molecule has 0 amide bonds. The number of likely N-dealkylation sites (N-methyl/N-ethyl adjacent to an activating group) is 1. The second-order valence-electron chi connectivity index (χ2n) is 2.29. The van der Waals surface area contributed by atoms with Crippen molar-refractivity contribution in [2.75, 3.05) is 45.9 Å². The van der Waals surface area contributed by atoms with Gasteiger partial charge in [-0.15, -0.1) is 0 Å². The Morgan fingerprint density at radius 1 is 1.40 bits per heavy atom. The smallest absolute Gasteiger partial charge is 0.0589 e. The third-order valence-corrected chi connectivity index (χ3v) is 1.95. The van der Waals surface area contributed by atoms with Gasteiger partial charge in [-0.1, -0.05) is 0 Å². The minimum absolute atomic E-state index is 0.838. The van der Waals surface area contributed by atoms with Crippen LogP contribution in [-0.4, -0.2) is 50.8 Å². The van der Waals surface area contributed by atoms with Gasteiger partial charge in [0.05, 0.1) is 6.61 Å². The summed E-state index contributed by atoms with van der Waals surface area (Å²) in [7, 11) is 3.86. The fourth-order valence-corrected chi connectivity index (χ4v) is 1.10. The van der Waals surface area contributed by atoms with Crippen molar-refractivity contribution in [2.24, 2.45) is 0 Å². The summed E-state index contributed by atoms with van der Waals surface area (Å²) in [6.07, 6.45) is 2.13. The Balaban J connectivity index is 3.00. The van der Waals surface area contributed by atoms with E-state index in [2.05, 4.69) is 18.2 Å². The van der Waals surface area contributed by atoms with Gasteiger partial charge in [0.1, 0.15) is 0 Å². The van der Waals surface area contributed by atoms with Crippen molar-refractivity contribution in [3.05, 3.63) is 0 Å². The van der Waals surface area contributed by atoms with Gasteiger partial charge in [-0.3, -0.25) is 0 Å². The third kappa shape index (κ3) is 6.39. The van der Waals surface area contributed by atoms with Crippen LogP contribution < -0.4 is 0 Å². The summed E-state index contributed by atoms with van der Waals surface area (Å²) in [5.41, 5.74) is 0. The normalized spacial score (nSPS) is 10.8. The quantitative estimate of drug-likeness (QED) is 0.578. The Labute approximate surface area is 67.9 Å². The molecule has 0 atom stereocenters. The van der Waals surface area contributed by atoms with Crippen LogP contribution in [-0.2, 0) is 4.74 Å². The number of methoxy groups -OCH3 is 1. The first kappa shape index (κ1) is 10.3. The number of thioether (sulfide) groups is 1. The molecule has 0 radical (unpaired) electrons. The molecule has 0 aliphatic carbocycles. The monoisotopic (exact) mass is 163 g/mol. The van der Waals surface area contributed by atoms with Crippen LogP contribution in [0.3, 0.4) is 0 Å². The molecule has 0 heterocycles. The molecule has 0 saturated carbocycles. The zero-order valence-electron chi connectivity index (χ0n) is 7.09. The Morgan fingerprint density at radius 3 is 2.60 bits per heavy atom. The van der Waals surface area contributed by atoms with Gasteiger partial charge in [-0.25, -0.2) is 0 Å². The van der Waals surface area contributed by atoms with Crippen LogP contribution in [0.2, 0.25) is 0 Å². The van der Waals surface area contributed by atoms with Crippen LogP contribution in [0, 0.1) is 0 Å². The number of nitrogens with zero attached hydrogens (tertiary/aromatic N) is 1. The summed E-state index contributed by atoms with van der Waals surface area (Å²) in [5.74, 6) is 1.21. The van der Waals surface area contributed by atoms with Crippen LogP contribution in [0.25, 0.3) is 0 Å². The fourth-order valence-electron chi connectivity index (χ4n) is 0.606. The van der Waals surface area contributed by atoms with Crippen molar-refractivity contribution >= 4 is 11.8 Å². The van der Waals surface area contributed by atoms with E-state index in [4.69, 9.17) is 4.74 Å². The topological polar surface area (TPSA) is 12.5 Å². The van der Waals surface area contributed by atoms with Gasteiger partial charge < -0.3 is 9.64 Å². The SMILES string of the molecule is COCCN(C)CCSC. The molecule has 0 saturated heterocycles. The largest absolute Gasteiger partial charge is 0.383 e. The molecule has 2 nitrogen and oxygen atoms in total. The van der Waals surface area contributed by atoms with Crippen molar-refractivity contribution < 1.29 is 4.74 Å². The van der Waals surface area contributed by atoms with Crippen LogP contribution in [0.15, 0.2) is 0 Å². The van der Waals surface area contributed by atoms with E-state index in [0.717, 1.165) is 19.7 Å². The third-order valence-electron chi connectivity index (χ3n) is 1.35. The maximum atomic E-state index is 4.94. The highest BCUT2D eigenvalue weighted by Crippen LogP contribution is 1.92. The van der Waals surface area contributed by atoms with E-state index in [1.54, 1.807) is 7.11 Å². The number of hydrogen-bond acceptors (Lipinski definition) is 3. The molecule has 0 aromatic carbocycles. The van der Waals surface area contributed by atoms with Gasteiger partial charge in [-0.05, 0) is 13.3 Å². The second kappa shape index (κ2) is 7.38. The minimum Gasteiger partial charge on any atom is -0.383 e.